The lowest BCUT2D eigenvalue weighted by molar-refractivity contribution is -0.122. The molecule has 1 amide bonds. The molecule has 152 valence electrons. The Morgan fingerprint density at radius 3 is 2.67 bits per heavy atom. The summed E-state index contributed by atoms with van der Waals surface area (Å²) in [6, 6.07) is 15.5. The van der Waals surface area contributed by atoms with Gasteiger partial charge < -0.3 is 5.32 Å². The Morgan fingerprint density at radius 1 is 1.13 bits per heavy atom. The molecule has 0 aliphatic carbocycles. The van der Waals surface area contributed by atoms with Crippen LogP contribution in [0.4, 0.5) is 5.82 Å². The second kappa shape index (κ2) is 8.81. The fourth-order valence-corrected chi connectivity index (χ4v) is 4.62. The Kier molecular flexibility index (Phi) is 5.96. The number of pyridine rings is 1. The molecule has 0 radical (unpaired) electrons. The lowest BCUT2D eigenvalue weighted by Gasteiger charge is -2.14. The number of thioether (sulfide) groups is 1. The first-order valence-electron chi connectivity index (χ1n) is 9.57. The van der Waals surface area contributed by atoms with Gasteiger partial charge >= 0.3 is 0 Å². The third-order valence-electron chi connectivity index (χ3n) is 4.84. The average molecular weight is 437 g/mol. The van der Waals surface area contributed by atoms with Crippen molar-refractivity contribution in [3.8, 4) is 0 Å². The Morgan fingerprint density at radius 2 is 1.90 bits per heavy atom. The van der Waals surface area contributed by atoms with Gasteiger partial charge in [-0.25, -0.2) is 4.98 Å². The molecule has 0 unspecified atom stereocenters. The molecule has 1 N–H and O–H groups in total. The highest BCUT2D eigenvalue weighted by Gasteiger charge is 2.32. The summed E-state index contributed by atoms with van der Waals surface area (Å²) in [5.41, 5.74) is 1.87. The van der Waals surface area contributed by atoms with Crippen molar-refractivity contribution in [1.29, 1.82) is 0 Å². The van der Waals surface area contributed by atoms with Gasteiger partial charge in [-0.05, 0) is 36.6 Å². The van der Waals surface area contributed by atoms with Gasteiger partial charge in [0.25, 0.3) is 11.5 Å². The minimum atomic E-state index is -0.237. The minimum Gasteiger partial charge on any atom is -0.372 e. The zero-order valence-corrected chi connectivity index (χ0v) is 18.0. The molecular formula is C22H20N4O2S2. The average Bonchev–Trinajstić information content (AvgIpc) is 3.03. The van der Waals surface area contributed by atoms with E-state index in [2.05, 4.69) is 22.4 Å². The molecule has 1 aliphatic heterocycles. The number of carbonyl (C=O) groups excluding carboxylic acids is 1. The number of carbonyl (C=O) groups is 1. The highest BCUT2D eigenvalue weighted by Crippen LogP contribution is 2.33. The first-order chi connectivity index (χ1) is 14.6. The van der Waals surface area contributed by atoms with Crippen LogP contribution < -0.4 is 10.9 Å². The number of benzene rings is 1. The summed E-state index contributed by atoms with van der Waals surface area (Å²) in [6.07, 6.45) is 4.94. The summed E-state index contributed by atoms with van der Waals surface area (Å²) in [6.45, 7) is 0.546. The van der Waals surface area contributed by atoms with E-state index in [0.717, 1.165) is 12.8 Å². The molecule has 0 bridgehead atoms. The molecule has 2 aromatic heterocycles. The molecule has 3 aromatic rings. The summed E-state index contributed by atoms with van der Waals surface area (Å²) >= 11 is 6.65. The van der Waals surface area contributed by atoms with E-state index in [0.29, 0.717) is 32.8 Å². The Labute approximate surface area is 183 Å². The highest BCUT2D eigenvalue weighted by atomic mass is 32.2. The fraction of sp³-hybridized carbons (Fsp3) is 0.182. The van der Waals surface area contributed by atoms with Crippen LogP contribution in [0.5, 0.6) is 0 Å². The molecule has 0 saturated carbocycles. The van der Waals surface area contributed by atoms with Crippen LogP contribution in [0.15, 0.2) is 64.4 Å². The third kappa shape index (κ3) is 4.01. The van der Waals surface area contributed by atoms with E-state index < -0.39 is 0 Å². The van der Waals surface area contributed by atoms with Gasteiger partial charge in [-0.15, -0.1) is 0 Å². The SMILES string of the molecule is CNc1nc2ccccn2c(=O)c1/C=C1\SC(=S)N(CCCc2ccccc2)C1=O. The molecule has 0 spiro atoms. The van der Waals surface area contributed by atoms with Gasteiger partial charge in [0, 0.05) is 19.8 Å². The van der Waals surface area contributed by atoms with E-state index in [1.807, 2.05) is 24.3 Å². The summed E-state index contributed by atoms with van der Waals surface area (Å²) in [5.74, 6) is 0.262. The Balaban J connectivity index is 1.57. The normalized spacial score (nSPS) is 15.4. The Hall–Kier alpha value is -2.97. The molecule has 3 heterocycles. The fourth-order valence-electron chi connectivity index (χ4n) is 3.33. The molecular weight excluding hydrogens is 416 g/mol. The van der Waals surface area contributed by atoms with Crippen molar-refractivity contribution in [1.82, 2.24) is 14.3 Å². The van der Waals surface area contributed by atoms with Gasteiger partial charge in [0.05, 0.1) is 10.5 Å². The van der Waals surface area contributed by atoms with E-state index in [1.165, 1.54) is 21.7 Å². The summed E-state index contributed by atoms with van der Waals surface area (Å²) in [7, 11) is 1.70. The molecule has 1 aliphatic rings. The number of hydrogen-bond donors (Lipinski definition) is 1. The predicted octanol–water partition coefficient (Wildman–Crippen LogP) is 3.57. The number of aryl methyl sites for hydroxylation is 1. The van der Waals surface area contributed by atoms with Crippen molar-refractivity contribution in [3.63, 3.8) is 0 Å². The summed E-state index contributed by atoms with van der Waals surface area (Å²) in [5, 5.41) is 2.96. The number of amides is 1. The van der Waals surface area contributed by atoms with Crippen LogP contribution in [0.25, 0.3) is 11.7 Å². The van der Waals surface area contributed by atoms with E-state index in [4.69, 9.17) is 12.2 Å². The van der Waals surface area contributed by atoms with Crippen molar-refractivity contribution >= 4 is 51.7 Å². The topological polar surface area (TPSA) is 66.7 Å². The van der Waals surface area contributed by atoms with Crippen molar-refractivity contribution in [3.05, 3.63) is 81.1 Å². The van der Waals surface area contributed by atoms with E-state index in [-0.39, 0.29) is 11.5 Å². The van der Waals surface area contributed by atoms with E-state index in [1.54, 1.807) is 36.4 Å². The number of hydrogen-bond acceptors (Lipinski definition) is 6. The number of nitrogens with one attached hydrogen (secondary N) is 1. The minimum absolute atomic E-state index is 0.169. The van der Waals surface area contributed by atoms with Crippen molar-refractivity contribution in [2.75, 3.05) is 18.9 Å². The molecule has 1 saturated heterocycles. The smallest absolute Gasteiger partial charge is 0.267 e. The van der Waals surface area contributed by atoms with Gasteiger partial charge in [0.1, 0.15) is 15.8 Å². The number of anilines is 1. The van der Waals surface area contributed by atoms with Gasteiger partial charge in [-0.3, -0.25) is 18.9 Å². The molecule has 1 aromatic carbocycles. The predicted molar refractivity (Wildman–Crippen MR) is 126 cm³/mol. The molecule has 1 fully saturated rings. The second-order valence-electron chi connectivity index (χ2n) is 6.78. The third-order valence-corrected chi connectivity index (χ3v) is 6.22. The maximum atomic E-state index is 13.0. The number of rotatable bonds is 6. The zero-order chi connectivity index (χ0) is 21.1. The van der Waals surface area contributed by atoms with Gasteiger partial charge in [0.2, 0.25) is 0 Å². The lowest BCUT2D eigenvalue weighted by atomic mass is 10.1. The number of thiocarbonyl (C=S) groups is 1. The largest absolute Gasteiger partial charge is 0.372 e. The van der Waals surface area contributed by atoms with Gasteiger partial charge in [0.15, 0.2) is 0 Å². The molecule has 8 heteroatoms. The maximum Gasteiger partial charge on any atom is 0.267 e. The van der Waals surface area contributed by atoms with Crippen LogP contribution in [-0.4, -0.2) is 38.1 Å². The monoisotopic (exact) mass is 436 g/mol. The number of aromatic nitrogens is 2. The summed E-state index contributed by atoms with van der Waals surface area (Å²) in [4.78, 5) is 32.4. The van der Waals surface area contributed by atoms with Crippen LogP contribution in [0.2, 0.25) is 0 Å². The first kappa shape index (κ1) is 20.3. The van der Waals surface area contributed by atoms with E-state index >= 15 is 0 Å². The first-order valence-corrected chi connectivity index (χ1v) is 10.8. The summed E-state index contributed by atoms with van der Waals surface area (Å²) < 4.78 is 1.98. The van der Waals surface area contributed by atoms with E-state index in [9.17, 15) is 9.59 Å². The molecule has 4 rings (SSSR count). The molecule has 0 atom stereocenters. The van der Waals surface area contributed by atoms with Crippen molar-refractivity contribution in [2.24, 2.45) is 0 Å². The second-order valence-corrected chi connectivity index (χ2v) is 8.46. The standard InChI is InChI=1S/C22H20N4O2S2/c1-23-19-16(20(27)25-12-6-5-11-18(25)24-19)14-17-21(28)26(22(29)30-17)13-7-10-15-8-3-2-4-9-15/h2-6,8-9,11-12,14,23H,7,10,13H2,1H3/b17-14-. The Bertz CT molecular complexity index is 1200. The number of nitrogens with zero attached hydrogens (tertiary/aromatic N) is 3. The van der Waals surface area contributed by atoms with Gasteiger partial charge in [-0.2, -0.15) is 0 Å². The highest BCUT2D eigenvalue weighted by molar-refractivity contribution is 8.26. The van der Waals surface area contributed by atoms with Crippen LogP contribution in [0.1, 0.15) is 17.5 Å². The van der Waals surface area contributed by atoms with Crippen LogP contribution in [-0.2, 0) is 11.2 Å². The quantitative estimate of drug-likeness (QED) is 0.471. The molecule has 6 nitrogen and oxygen atoms in total. The van der Waals surface area contributed by atoms with Gasteiger partial charge in [-0.1, -0.05) is 60.4 Å². The number of fused-ring (bicyclic) bond motifs is 1. The lowest BCUT2D eigenvalue weighted by Crippen LogP contribution is -2.29. The van der Waals surface area contributed by atoms with Crippen molar-refractivity contribution < 1.29 is 4.79 Å². The van der Waals surface area contributed by atoms with Crippen molar-refractivity contribution in [2.45, 2.75) is 12.8 Å². The van der Waals surface area contributed by atoms with Crippen LogP contribution >= 0.6 is 24.0 Å². The zero-order valence-electron chi connectivity index (χ0n) is 16.4. The molecule has 30 heavy (non-hydrogen) atoms. The maximum absolute atomic E-state index is 13.0. The van der Waals surface area contributed by atoms with Crippen LogP contribution in [0, 0.1) is 0 Å². The van der Waals surface area contributed by atoms with Crippen LogP contribution in [0.3, 0.4) is 0 Å².